The van der Waals surface area contributed by atoms with Gasteiger partial charge in [0.15, 0.2) is 0 Å². The first-order valence-electron chi connectivity index (χ1n) is 5.63. The predicted molar refractivity (Wildman–Crippen MR) is 61.7 cm³/mol. The second-order valence-electron chi connectivity index (χ2n) is 4.30. The number of rotatable bonds is 3. The molecule has 0 aliphatic carbocycles. The average molecular weight is 219 g/mol. The van der Waals surface area contributed by atoms with Gasteiger partial charge in [0.1, 0.15) is 0 Å². The number of hydrogen-bond donors (Lipinski definition) is 1. The van der Waals surface area contributed by atoms with Gasteiger partial charge in [0.05, 0.1) is 18.3 Å². The third kappa shape index (κ3) is 2.39. The molecule has 4 nitrogen and oxygen atoms in total. The van der Waals surface area contributed by atoms with Crippen molar-refractivity contribution in [1.82, 2.24) is 9.88 Å². The fraction of sp³-hybridized carbons (Fsp3) is 0.500. The number of nitrogens with zero attached hydrogens (tertiary/aromatic N) is 2. The first-order chi connectivity index (χ1) is 7.66. The van der Waals surface area contributed by atoms with Crippen molar-refractivity contribution < 1.29 is 4.79 Å². The standard InChI is InChI=1S/C12H17N3O/c1-9-4-2-5-10(14-9)11-6-3-7-15(11)8-12(13)16/h2,4-5,11H,3,6-8H2,1H3,(H2,13,16)/t11-/m0/s1. The Labute approximate surface area is 95.5 Å². The lowest BCUT2D eigenvalue weighted by molar-refractivity contribution is -0.119. The number of nitrogens with two attached hydrogens (primary N) is 1. The minimum atomic E-state index is -0.264. The van der Waals surface area contributed by atoms with Gasteiger partial charge in [0.25, 0.3) is 0 Å². The molecule has 2 N–H and O–H groups in total. The number of pyridine rings is 1. The summed E-state index contributed by atoms with van der Waals surface area (Å²) in [4.78, 5) is 17.6. The molecule has 0 bridgehead atoms. The van der Waals surface area contributed by atoms with Gasteiger partial charge in [-0.1, -0.05) is 6.07 Å². The third-order valence-corrected chi connectivity index (χ3v) is 2.97. The van der Waals surface area contributed by atoms with E-state index in [2.05, 4.69) is 9.88 Å². The van der Waals surface area contributed by atoms with E-state index in [0.717, 1.165) is 30.8 Å². The van der Waals surface area contributed by atoms with Gasteiger partial charge in [0.2, 0.25) is 5.91 Å². The van der Waals surface area contributed by atoms with E-state index in [9.17, 15) is 4.79 Å². The fourth-order valence-corrected chi connectivity index (χ4v) is 2.30. The maximum absolute atomic E-state index is 11.0. The van der Waals surface area contributed by atoms with Crippen molar-refractivity contribution in [1.29, 1.82) is 0 Å². The van der Waals surface area contributed by atoms with E-state index >= 15 is 0 Å². The van der Waals surface area contributed by atoms with Crippen molar-refractivity contribution in [2.75, 3.05) is 13.1 Å². The molecule has 0 unspecified atom stereocenters. The molecule has 0 spiro atoms. The van der Waals surface area contributed by atoms with E-state index in [1.54, 1.807) is 0 Å². The molecule has 2 rings (SSSR count). The lowest BCUT2D eigenvalue weighted by Gasteiger charge is -2.22. The monoisotopic (exact) mass is 219 g/mol. The topological polar surface area (TPSA) is 59.2 Å². The van der Waals surface area contributed by atoms with E-state index in [4.69, 9.17) is 5.73 Å². The molecule has 0 saturated carbocycles. The number of likely N-dealkylation sites (tertiary alicyclic amines) is 1. The van der Waals surface area contributed by atoms with Crippen LogP contribution in [0.15, 0.2) is 18.2 Å². The molecule has 16 heavy (non-hydrogen) atoms. The quantitative estimate of drug-likeness (QED) is 0.825. The summed E-state index contributed by atoms with van der Waals surface area (Å²) >= 11 is 0. The molecule has 1 aliphatic heterocycles. The molecule has 4 heteroatoms. The van der Waals surface area contributed by atoms with Gasteiger partial charge >= 0.3 is 0 Å². The lowest BCUT2D eigenvalue weighted by atomic mass is 10.1. The van der Waals surface area contributed by atoms with Crippen molar-refractivity contribution in [3.05, 3.63) is 29.6 Å². The summed E-state index contributed by atoms with van der Waals surface area (Å²) in [6, 6.07) is 6.28. The molecule has 86 valence electrons. The summed E-state index contributed by atoms with van der Waals surface area (Å²) in [5.74, 6) is -0.264. The van der Waals surface area contributed by atoms with E-state index < -0.39 is 0 Å². The Hall–Kier alpha value is -1.42. The molecule has 1 aliphatic rings. The van der Waals surface area contributed by atoms with Crippen LogP contribution in [0.25, 0.3) is 0 Å². The first-order valence-corrected chi connectivity index (χ1v) is 5.63. The Morgan fingerprint density at radius 3 is 3.12 bits per heavy atom. The van der Waals surface area contributed by atoms with Gasteiger partial charge in [-0.05, 0) is 38.4 Å². The highest BCUT2D eigenvalue weighted by molar-refractivity contribution is 5.76. The summed E-state index contributed by atoms with van der Waals surface area (Å²) in [7, 11) is 0. The summed E-state index contributed by atoms with van der Waals surface area (Å²) < 4.78 is 0. The van der Waals surface area contributed by atoms with E-state index in [1.807, 2.05) is 25.1 Å². The Morgan fingerprint density at radius 1 is 1.62 bits per heavy atom. The van der Waals surface area contributed by atoms with Crippen molar-refractivity contribution >= 4 is 5.91 Å². The largest absolute Gasteiger partial charge is 0.369 e. The summed E-state index contributed by atoms with van der Waals surface area (Å²) in [6.45, 7) is 3.25. The lowest BCUT2D eigenvalue weighted by Crippen LogP contribution is -2.33. The van der Waals surface area contributed by atoms with Crippen LogP contribution in [0.3, 0.4) is 0 Å². The Bertz CT molecular complexity index is 392. The highest BCUT2D eigenvalue weighted by Gasteiger charge is 2.27. The average Bonchev–Trinajstić information content (AvgIpc) is 2.65. The third-order valence-electron chi connectivity index (χ3n) is 2.97. The van der Waals surface area contributed by atoms with Crippen molar-refractivity contribution in [3.63, 3.8) is 0 Å². The Kier molecular flexibility index (Phi) is 3.19. The molecule has 1 saturated heterocycles. The van der Waals surface area contributed by atoms with Gasteiger partial charge in [0, 0.05) is 5.69 Å². The SMILES string of the molecule is Cc1cccc([C@@H]2CCCN2CC(N)=O)n1. The fourth-order valence-electron chi connectivity index (χ4n) is 2.30. The minimum absolute atomic E-state index is 0.257. The Balaban J connectivity index is 2.16. The predicted octanol–water partition coefficient (Wildman–Crippen LogP) is 1.01. The van der Waals surface area contributed by atoms with Crippen LogP contribution in [-0.2, 0) is 4.79 Å². The second kappa shape index (κ2) is 4.61. The number of carbonyl (C=O) groups is 1. The maximum Gasteiger partial charge on any atom is 0.231 e. The van der Waals surface area contributed by atoms with Gasteiger partial charge < -0.3 is 5.73 Å². The normalized spacial score (nSPS) is 21.2. The summed E-state index contributed by atoms with van der Waals surface area (Å²) in [5.41, 5.74) is 7.31. The van der Waals surface area contributed by atoms with Crippen molar-refractivity contribution in [2.24, 2.45) is 5.73 Å². The van der Waals surface area contributed by atoms with Crippen LogP contribution in [0.5, 0.6) is 0 Å². The number of amides is 1. The van der Waals surface area contributed by atoms with Gasteiger partial charge in [-0.25, -0.2) is 0 Å². The van der Waals surface area contributed by atoms with Crippen LogP contribution in [-0.4, -0.2) is 28.9 Å². The van der Waals surface area contributed by atoms with Gasteiger partial charge in [-0.2, -0.15) is 0 Å². The molecule has 1 atom stereocenters. The van der Waals surface area contributed by atoms with E-state index in [1.165, 1.54) is 0 Å². The van der Waals surface area contributed by atoms with Crippen LogP contribution in [0, 0.1) is 6.92 Å². The smallest absolute Gasteiger partial charge is 0.231 e. The zero-order chi connectivity index (χ0) is 11.5. The second-order valence-corrected chi connectivity index (χ2v) is 4.30. The van der Waals surface area contributed by atoms with Crippen molar-refractivity contribution in [3.8, 4) is 0 Å². The van der Waals surface area contributed by atoms with Crippen LogP contribution in [0.4, 0.5) is 0 Å². The molecule has 1 aromatic heterocycles. The molecule has 0 radical (unpaired) electrons. The van der Waals surface area contributed by atoms with Crippen LogP contribution < -0.4 is 5.73 Å². The maximum atomic E-state index is 11.0. The molecule has 1 aromatic rings. The number of aromatic nitrogens is 1. The Morgan fingerprint density at radius 2 is 2.44 bits per heavy atom. The number of aryl methyl sites for hydroxylation is 1. The number of primary amides is 1. The van der Waals surface area contributed by atoms with Gasteiger partial charge in [-0.15, -0.1) is 0 Å². The zero-order valence-electron chi connectivity index (χ0n) is 9.52. The van der Waals surface area contributed by atoms with Crippen LogP contribution >= 0.6 is 0 Å². The zero-order valence-corrected chi connectivity index (χ0v) is 9.52. The highest BCUT2D eigenvalue weighted by atomic mass is 16.1. The summed E-state index contributed by atoms with van der Waals surface area (Å²) in [5, 5.41) is 0. The van der Waals surface area contributed by atoms with Crippen molar-refractivity contribution in [2.45, 2.75) is 25.8 Å². The highest BCUT2D eigenvalue weighted by Crippen LogP contribution is 2.30. The molecular weight excluding hydrogens is 202 g/mol. The molecule has 1 fully saturated rings. The van der Waals surface area contributed by atoms with Gasteiger partial charge in [-0.3, -0.25) is 14.7 Å². The van der Waals surface area contributed by atoms with E-state index in [-0.39, 0.29) is 11.9 Å². The molecular formula is C12H17N3O. The van der Waals surface area contributed by atoms with E-state index in [0.29, 0.717) is 6.54 Å². The first kappa shape index (κ1) is 11.1. The van der Waals surface area contributed by atoms with Crippen LogP contribution in [0.1, 0.15) is 30.3 Å². The molecule has 1 amide bonds. The van der Waals surface area contributed by atoms with Crippen LogP contribution in [0.2, 0.25) is 0 Å². The molecule has 0 aromatic carbocycles. The number of carbonyl (C=O) groups excluding carboxylic acids is 1. The summed E-state index contributed by atoms with van der Waals surface area (Å²) in [6.07, 6.45) is 2.16. The molecule has 2 heterocycles. The number of hydrogen-bond acceptors (Lipinski definition) is 3. The minimum Gasteiger partial charge on any atom is -0.369 e.